The van der Waals surface area contributed by atoms with E-state index in [9.17, 15) is 4.79 Å². The van der Waals surface area contributed by atoms with Crippen molar-refractivity contribution in [2.24, 2.45) is 0 Å². The van der Waals surface area contributed by atoms with Crippen LogP contribution in [0.1, 0.15) is 29.7 Å². The van der Waals surface area contributed by atoms with E-state index in [1.165, 1.54) is 0 Å². The highest BCUT2D eigenvalue weighted by Crippen LogP contribution is 2.32. The van der Waals surface area contributed by atoms with Crippen LogP contribution in [0.4, 0.5) is 0 Å². The number of aldehydes is 1. The van der Waals surface area contributed by atoms with Crippen molar-refractivity contribution in [3.05, 3.63) is 102 Å². The maximum Gasteiger partial charge on any atom is 0.131 e. The van der Waals surface area contributed by atoms with Crippen molar-refractivity contribution in [3.8, 4) is 22.8 Å². The zero-order valence-electron chi connectivity index (χ0n) is 18.7. The van der Waals surface area contributed by atoms with Crippen LogP contribution in [0.5, 0.6) is 11.5 Å². The van der Waals surface area contributed by atoms with E-state index in [4.69, 9.17) is 9.84 Å². The van der Waals surface area contributed by atoms with Gasteiger partial charge in [0, 0.05) is 40.8 Å². The third-order valence-corrected chi connectivity index (χ3v) is 6.07. The highest BCUT2D eigenvalue weighted by atomic mass is 16.5. The van der Waals surface area contributed by atoms with Gasteiger partial charge in [-0.05, 0) is 61.4 Å². The van der Waals surface area contributed by atoms with Gasteiger partial charge < -0.3 is 14.5 Å². The number of H-pyrrole nitrogens is 1. The van der Waals surface area contributed by atoms with Gasteiger partial charge in [-0.2, -0.15) is 5.10 Å². The summed E-state index contributed by atoms with van der Waals surface area (Å²) >= 11 is 0. The van der Waals surface area contributed by atoms with Gasteiger partial charge in [0.1, 0.15) is 17.8 Å². The van der Waals surface area contributed by atoms with E-state index in [2.05, 4.69) is 37.0 Å². The van der Waals surface area contributed by atoms with Crippen molar-refractivity contribution in [1.29, 1.82) is 0 Å². The van der Waals surface area contributed by atoms with Crippen LogP contribution in [0.2, 0.25) is 0 Å². The molecule has 0 spiro atoms. The SMILES string of the molecule is Cc1c(Oc2cccc(-c3ccn(C(C)c4cccc(CC=O)c4)n3)c2)ccc2[nH]ccc12. The molecule has 0 bridgehead atoms. The number of nitrogens with zero attached hydrogens (tertiary/aromatic N) is 2. The Labute approximate surface area is 192 Å². The van der Waals surface area contributed by atoms with Crippen LogP contribution in [0.15, 0.2) is 85.2 Å². The van der Waals surface area contributed by atoms with E-state index in [0.717, 1.165) is 56.6 Å². The van der Waals surface area contributed by atoms with Crippen LogP contribution < -0.4 is 4.74 Å². The number of carbonyl (C=O) groups is 1. The number of ether oxygens (including phenoxy) is 1. The van der Waals surface area contributed by atoms with Gasteiger partial charge in [-0.15, -0.1) is 0 Å². The first kappa shape index (κ1) is 20.8. The lowest BCUT2D eigenvalue weighted by molar-refractivity contribution is -0.107. The van der Waals surface area contributed by atoms with Crippen molar-refractivity contribution in [1.82, 2.24) is 14.8 Å². The van der Waals surface area contributed by atoms with Gasteiger partial charge >= 0.3 is 0 Å². The molecule has 0 fully saturated rings. The molecule has 1 N–H and O–H groups in total. The summed E-state index contributed by atoms with van der Waals surface area (Å²) in [6.07, 6.45) is 5.29. The summed E-state index contributed by atoms with van der Waals surface area (Å²) in [5, 5.41) is 5.98. The van der Waals surface area contributed by atoms with Gasteiger partial charge in [0.2, 0.25) is 0 Å². The fraction of sp³-hybridized carbons (Fsp3) is 0.143. The lowest BCUT2D eigenvalue weighted by Crippen LogP contribution is -2.08. The Bertz CT molecular complexity index is 1430. The molecule has 5 nitrogen and oxygen atoms in total. The summed E-state index contributed by atoms with van der Waals surface area (Å²) in [7, 11) is 0. The van der Waals surface area contributed by atoms with Crippen LogP contribution in [0, 0.1) is 6.92 Å². The number of hydrogen-bond donors (Lipinski definition) is 1. The lowest BCUT2D eigenvalue weighted by atomic mass is 10.0. The summed E-state index contributed by atoms with van der Waals surface area (Å²) in [4.78, 5) is 14.1. The van der Waals surface area contributed by atoms with Gasteiger partial charge in [0.15, 0.2) is 0 Å². The van der Waals surface area contributed by atoms with Crippen molar-refractivity contribution in [2.45, 2.75) is 26.3 Å². The van der Waals surface area contributed by atoms with Gasteiger partial charge in [-0.25, -0.2) is 0 Å². The van der Waals surface area contributed by atoms with E-state index in [0.29, 0.717) is 6.42 Å². The predicted octanol–water partition coefficient (Wildman–Crippen LogP) is 6.48. The molecule has 0 aliphatic heterocycles. The van der Waals surface area contributed by atoms with Crippen LogP contribution in [0.3, 0.4) is 0 Å². The Morgan fingerprint density at radius 1 is 1.06 bits per heavy atom. The van der Waals surface area contributed by atoms with Crippen LogP contribution >= 0.6 is 0 Å². The standard InChI is InChI=1S/C28H25N3O2/c1-19-25-11-14-29-27(25)9-10-28(19)33-24-8-4-7-23(18-24)26-12-15-31(30-26)20(2)22-6-3-5-21(17-22)13-16-32/h3-12,14-18,20,29H,13H2,1-2H3. The zero-order chi connectivity index (χ0) is 22.8. The number of hydrogen-bond acceptors (Lipinski definition) is 3. The van der Waals surface area contributed by atoms with Gasteiger partial charge in [-0.3, -0.25) is 4.68 Å². The van der Waals surface area contributed by atoms with Crippen LogP contribution in [-0.4, -0.2) is 21.1 Å². The van der Waals surface area contributed by atoms with E-state index < -0.39 is 0 Å². The largest absolute Gasteiger partial charge is 0.457 e. The number of benzene rings is 3. The van der Waals surface area contributed by atoms with Crippen molar-refractivity contribution in [2.75, 3.05) is 0 Å². The molecule has 5 rings (SSSR count). The Morgan fingerprint density at radius 2 is 1.94 bits per heavy atom. The first-order valence-corrected chi connectivity index (χ1v) is 11.0. The maximum absolute atomic E-state index is 10.9. The second-order valence-corrected chi connectivity index (χ2v) is 8.23. The fourth-order valence-corrected chi connectivity index (χ4v) is 4.16. The summed E-state index contributed by atoms with van der Waals surface area (Å²) in [5.41, 5.74) is 6.22. The zero-order valence-corrected chi connectivity index (χ0v) is 18.7. The molecule has 5 aromatic rings. The summed E-state index contributed by atoms with van der Waals surface area (Å²) in [6.45, 7) is 4.18. The molecule has 33 heavy (non-hydrogen) atoms. The van der Waals surface area contributed by atoms with Crippen molar-refractivity contribution < 1.29 is 9.53 Å². The third-order valence-electron chi connectivity index (χ3n) is 6.07. The first-order valence-electron chi connectivity index (χ1n) is 11.0. The number of aryl methyl sites for hydroxylation is 1. The average molecular weight is 436 g/mol. The summed E-state index contributed by atoms with van der Waals surface area (Å²) in [5.74, 6) is 1.61. The van der Waals surface area contributed by atoms with Crippen molar-refractivity contribution in [3.63, 3.8) is 0 Å². The monoisotopic (exact) mass is 435 g/mol. The van der Waals surface area contributed by atoms with Crippen molar-refractivity contribution >= 4 is 17.2 Å². The van der Waals surface area contributed by atoms with Crippen LogP contribution in [0.25, 0.3) is 22.2 Å². The molecule has 164 valence electrons. The Kier molecular flexibility index (Phi) is 5.53. The lowest BCUT2D eigenvalue weighted by Gasteiger charge is -2.14. The minimum absolute atomic E-state index is 0.0560. The topological polar surface area (TPSA) is 59.9 Å². The fourth-order valence-electron chi connectivity index (χ4n) is 4.16. The molecule has 2 heterocycles. The number of rotatable bonds is 7. The van der Waals surface area contributed by atoms with E-state index in [1.807, 2.05) is 71.7 Å². The molecule has 1 unspecified atom stereocenters. The Hall–Kier alpha value is -4.12. The highest BCUT2D eigenvalue weighted by Gasteiger charge is 2.12. The van der Waals surface area contributed by atoms with Gasteiger partial charge in [0.05, 0.1) is 11.7 Å². The Balaban J connectivity index is 1.38. The molecule has 0 saturated carbocycles. The second kappa shape index (κ2) is 8.79. The molecule has 0 aliphatic carbocycles. The number of fused-ring (bicyclic) bond motifs is 1. The smallest absolute Gasteiger partial charge is 0.131 e. The number of aromatic nitrogens is 3. The number of aromatic amines is 1. The van der Waals surface area contributed by atoms with Gasteiger partial charge in [0.25, 0.3) is 0 Å². The molecule has 1 atom stereocenters. The molecule has 2 aromatic heterocycles. The molecule has 0 radical (unpaired) electrons. The quantitative estimate of drug-likeness (QED) is 0.298. The van der Waals surface area contributed by atoms with Gasteiger partial charge in [-0.1, -0.05) is 36.4 Å². The number of carbonyl (C=O) groups excluding carboxylic acids is 1. The molecule has 0 saturated heterocycles. The molecule has 0 amide bonds. The molecule has 0 aliphatic rings. The molecular formula is C28H25N3O2. The van der Waals surface area contributed by atoms with E-state index in [-0.39, 0.29) is 6.04 Å². The molecular weight excluding hydrogens is 410 g/mol. The normalized spacial score (nSPS) is 12.1. The maximum atomic E-state index is 10.9. The Morgan fingerprint density at radius 3 is 2.82 bits per heavy atom. The average Bonchev–Trinajstić information content (AvgIpc) is 3.52. The minimum Gasteiger partial charge on any atom is -0.457 e. The predicted molar refractivity (Wildman–Crippen MR) is 131 cm³/mol. The third kappa shape index (κ3) is 4.17. The number of nitrogens with one attached hydrogen (secondary N) is 1. The summed E-state index contributed by atoms with van der Waals surface area (Å²) in [6, 6.07) is 24.3. The van der Waals surface area contributed by atoms with E-state index >= 15 is 0 Å². The second-order valence-electron chi connectivity index (χ2n) is 8.23. The van der Waals surface area contributed by atoms with E-state index in [1.54, 1.807) is 0 Å². The summed E-state index contributed by atoms with van der Waals surface area (Å²) < 4.78 is 8.18. The first-order chi connectivity index (χ1) is 16.1. The minimum atomic E-state index is 0.0560. The van der Waals surface area contributed by atoms with Crippen LogP contribution in [-0.2, 0) is 11.2 Å². The molecule has 3 aromatic carbocycles. The highest BCUT2D eigenvalue weighted by molar-refractivity contribution is 5.85. The molecule has 5 heteroatoms.